The first-order chi connectivity index (χ1) is 11.8. The number of nitrogens with one attached hydrogen (secondary N) is 2. The number of piperazine rings is 1. The van der Waals surface area contributed by atoms with Crippen LogP contribution < -0.4 is 10.6 Å². The Labute approximate surface area is 156 Å². The number of hydrogen-bond acceptors (Lipinski definition) is 3. The van der Waals surface area contributed by atoms with Crippen molar-refractivity contribution in [2.24, 2.45) is 0 Å². The van der Waals surface area contributed by atoms with Gasteiger partial charge in [0, 0.05) is 55.7 Å². The van der Waals surface area contributed by atoms with Gasteiger partial charge < -0.3 is 15.5 Å². The van der Waals surface area contributed by atoms with E-state index < -0.39 is 0 Å². The van der Waals surface area contributed by atoms with E-state index in [1.54, 1.807) is 0 Å². The molecule has 0 bridgehead atoms. The van der Waals surface area contributed by atoms with Gasteiger partial charge in [-0.25, -0.2) is 4.79 Å². The zero-order valence-electron chi connectivity index (χ0n) is 15.8. The third-order valence-corrected chi connectivity index (χ3v) is 5.04. The number of hydrogen-bond donors (Lipinski definition) is 2. The third kappa shape index (κ3) is 6.49. The van der Waals surface area contributed by atoms with Gasteiger partial charge in [-0.2, -0.15) is 0 Å². The van der Waals surface area contributed by atoms with Crippen molar-refractivity contribution in [2.75, 3.05) is 46.3 Å². The molecule has 5 nitrogen and oxygen atoms in total. The Balaban J connectivity index is 1.76. The van der Waals surface area contributed by atoms with Gasteiger partial charge in [0.25, 0.3) is 0 Å². The van der Waals surface area contributed by atoms with Crippen LogP contribution >= 0.6 is 11.6 Å². The molecule has 1 atom stereocenters. The highest BCUT2D eigenvalue weighted by Crippen LogP contribution is 2.24. The molecule has 0 aromatic heterocycles. The second kappa shape index (κ2) is 8.88. The van der Waals surface area contributed by atoms with Gasteiger partial charge in [0.1, 0.15) is 0 Å². The Morgan fingerprint density at radius 1 is 1.28 bits per heavy atom. The number of likely N-dealkylation sites (N-methyl/N-ethyl adjacent to an activating group) is 1. The fraction of sp³-hybridized carbons (Fsp3) is 0.632. The maximum atomic E-state index is 12.2. The smallest absolute Gasteiger partial charge is 0.315 e. The molecule has 1 fully saturated rings. The molecule has 1 saturated heterocycles. The van der Waals surface area contributed by atoms with Gasteiger partial charge in [0.05, 0.1) is 0 Å². The highest BCUT2D eigenvalue weighted by molar-refractivity contribution is 6.30. The van der Waals surface area contributed by atoms with Crippen molar-refractivity contribution in [2.45, 2.75) is 32.2 Å². The van der Waals surface area contributed by atoms with Crippen LogP contribution in [-0.2, 0) is 5.41 Å². The molecule has 2 amide bonds. The minimum absolute atomic E-state index is 0.114. The summed E-state index contributed by atoms with van der Waals surface area (Å²) in [6.45, 7) is 12.0. The molecule has 140 valence electrons. The molecule has 6 heteroatoms. The van der Waals surface area contributed by atoms with Crippen molar-refractivity contribution in [1.82, 2.24) is 20.4 Å². The molecular weight excluding hydrogens is 336 g/mol. The molecule has 1 unspecified atom stereocenters. The monoisotopic (exact) mass is 366 g/mol. The molecule has 0 aliphatic carbocycles. The summed E-state index contributed by atoms with van der Waals surface area (Å²) < 4.78 is 0. The standard InChI is InChI=1S/C19H31ClN4O/c1-15(13-24-10-8-23(4)9-11-24)22-18(25)21-14-19(2,3)16-6-5-7-17(20)12-16/h5-7,12,15H,8-11,13-14H2,1-4H3,(H2,21,22,25). The van der Waals surface area contributed by atoms with Crippen molar-refractivity contribution in [3.63, 3.8) is 0 Å². The van der Waals surface area contributed by atoms with Crippen LogP contribution in [-0.4, -0.2) is 68.2 Å². The third-order valence-electron chi connectivity index (χ3n) is 4.80. The SMILES string of the molecule is CC(CN1CCN(C)CC1)NC(=O)NCC(C)(C)c1cccc(Cl)c1. The fourth-order valence-electron chi connectivity index (χ4n) is 3.05. The molecule has 25 heavy (non-hydrogen) atoms. The lowest BCUT2D eigenvalue weighted by molar-refractivity contribution is 0.144. The molecule has 1 heterocycles. The van der Waals surface area contributed by atoms with E-state index in [2.05, 4.69) is 48.3 Å². The van der Waals surface area contributed by atoms with Crippen LogP contribution in [0, 0.1) is 0 Å². The van der Waals surface area contributed by atoms with Gasteiger partial charge >= 0.3 is 6.03 Å². The molecule has 0 saturated carbocycles. The van der Waals surface area contributed by atoms with Crippen molar-refractivity contribution < 1.29 is 4.79 Å². The van der Waals surface area contributed by atoms with Gasteiger partial charge in [-0.05, 0) is 31.7 Å². The highest BCUT2D eigenvalue weighted by atomic mass is 35.5. The fourth-order valence-corrected chi connectivity index (χ4v) is 3.24. The molecule has 1 aromatic carbocycles. The summed E-state index contributed by atoms with van der Waals surface area (Å²) in [5.74, 6) is 0. The van der Waals surface area contributed by atoms with Crippen molar-refractivity contribution in [1.29, 1.82) is 0 Å². The van der Waals surface area contributed by atoms with Gasteiger partial charge in [0.2, 0.25) is 0 Å². The molecule has 1 aliphatic heterocycles. The predicted molar refractivity (Wildman–Crippen MR) is 104 cm³/mol. The van der Waals surface area contributed by atoms with E-state index in [-0.39, 0.29) is 17.5 Å². The average Bonchev–Trinajstić information content (AvgIpc) is 2.55. The minimum Gasteiger partial charge on any atom is -0.337 e. The van der Waals surface area contributed by atoms with E-state index in [1.807, 2.05) is 24.3 Å². The second-order valence-electron chi connectivity index (χ2n) is 7.73. The van der Waals surface area contributed by atoms with Crippen LogP contribution in [0.4, 0.5) is 4.79 Å². The van der Waals surface area contributed by atoms with Crippen LogP contribution in [0.5, 0.6) is 0 Å². The summed E-state index contributed by atoms with van der Waals surface area (Å²) in [5, 5.41) is 6.76. The molecule has 1 aliphatic rings. The van der Waals surface area contributed by atoms with Crippen LogP contribution in [0.3, 0.4) is 0 Å². The maximum Gasteiger partial charge on any atom is 0.315 e. The first-order valence-corrected chi connectivity index (χ1v) is 9.35. The Bertz CT molecular complexity index is 570. The molecule has 1 aromatic rings. The number of urea groups is 1. The Kier molecular flexibility index (Phi) is 7.11. The van der Waals surface area contributed by atoms with Crippen LogP contribution in [0.25, 0.3) is 0 Å². The van der Waals surface area contributed by atoms with Crippen molar-refractivity contribution in [3.05, 3.63) is 34.9 Å². The van der Waals surface area contributed by atoms with Gasteiger partial charge in [-0.15, -0.1) is 0 Å². The van der Waals surface area contributed by atoms with E-state index in [1.165, 1.54) is 0 Å². The van der Waals surface area contributed by atoms with E-state index in [0.717, 1.165) is 43.3 Å². The maximum absolute atomic E-state index is 12.2. The van der Waals surface area contributed by atoms with Crippen LogP contribution in [0.15, 0.2) is 24.3 Å². The number of carbonyl (C=O) groups is 1. The van der Waals surface area contributed by atoms with E-state index in [9.17, 15) is 4.79 Å². The molecule has 2 rings (SSSR count). The summed E-state index contributed by atoms with van der Waals surface area (Å²) in [6, 6.07) is 7.81. The second-order valence-corrected chi connectivity index (χ2v) is 8.16. The average molecular weight is 367 g/mol. The summed E-state index contributed by atoms with van der Waals surface area (Å²) in [5.41, 5.74) is 0.939. The number of carbonyl (C=O) groups excluding carboxylic acids is 1. The largest absolute Gasteiger partial charge is 0.337 e. The number of halogens is 1. The topological polar surface area (TPSA) is 47.6 Å². The Hall–Kier alpha value is -1.30. The molecule has 0 radical (unpaired) electrons. The van der Waals surface area contributed by atoms with E-state index in [4.69, 9.17) is 11.6 Å². The van der Waals surface area contributed by atoms with Gasteiger partial charge in [-0.1, -0.05) is 37.6 Å². The van der Waals surface area contributed by atoms with E-state index in [0.29, 0.717) is 6.54 Å². The lowest BCUT2D eigenvalue weighted by Crippen LogP contribution is -2.52. The quantitative estimate of drug-likeness (QED) is 0.813. The number of nitrogens with zero attached hydrogens (tertiary/aromatic N) is 2. The molecule has 2 N–H and O–H groups in total. The van der Waals surface area contributed by atoms with Gasteiger partial charge in [-0.3, -0.25) is 4.90 Å². The zero-order valence-corrected chi connectivity index (χ0v) is 16.6. The summed E-state index contributed by atoms with van der Waals surface area (Å²) in [7, 11) is 2.15. The minimum atomic E-state index is -0.178. The Morgan fingerprint density at radius 3 is 2.60 bits per heavy atom. The number of benzene rings is 1. The Morgan fingerprint density at radius 2 is 1.96 bits per heavy atom. The lowest BCUT2D eigenvalue weighted by atomic mass is 9.85. The predicted octanol–water partition coefficient (Wildman–Crippen LogP) is 2.55. The normalized spacial score (nSPS) is 18.0. The molecular formula is C19H31ClN4O. The highest BCUT2D eigenvalue weighted by Gasteiger charge is 2.22. The van der Waals surface area contributed by atoms with Crippen LogP contribution in [0.1, 0.15) is 26.3 Å². The number of amides is 2. The van der Waals surface area contributed by atoms with Gasteiger partial charge in [0.15, 0.2) is 0 Å². The van der Waals surface area contributed by atoms with Crippen molar-refractivity contribution >= 4 is 17.6 Å². The summed E-state index contributed by atoms with van der Waals surface area (Å²) in [6.07, 6.45) is 0. The summed E-state index contributed by atoms with van der Waals surface area (Å²) >= 11 is 6.08. The zero-order chi connectivity index (χ0) is 18.4. The first kappa shape index (κ1) is 20.0. The lowest BCUT2D eigenvalue weighted by Gasteiger charge is -2.34. The molecule has 0 spiro atoms. The number of rotatable bonds is 6. The first-order valence-electron chi connectivity index (χ1n) is 8.97. The van der Waals surface area contributed by atoms with Crippen molar-refractivity contribution in [3.8, 4) is 0 Å². The van der Waals surface area contributed by atoms with Crippen LogP contribution in [0.2, 0.25) is 5.02 Å². The summed E-state index contributed by atoms with van der Waals surface area (Å²) in [4.78, 5) is 17.0. The van der Waals surface area contributed by atoms with E-state index >= 15 is 0 Å².